The Morgan fingerprint density at radius 1 is 0.912 bits per heavy atom. The van der Waals surface area contributed by atoms with Gasteiger partial charge in [0.15, 0.2) is 0 Å². The predicted octanol–water partition coefficient (Wildman–Crippen LogP) is 8.69. The van der Waals surface area contributed by atoms with Crippen LogP contribution >= 0.6 is 0 Å². The molecule has 184 valence electrons. The molecule has 1 nitrogen and oxygen atoms in total. The Bertz CT molecular complexity index is 1050. The first kappa shape index (κ1) is 25.3. The molecule has 0 aromatic heterocycles. The molecule has 4 atom stereocenters. The van der Waals surface area contributed by atoms with Crippen LogP contribution in [0.15, 0.2) is 48.5 Å². The standard InChI is InChI=1S/C32H46OSi/c1-10-34(11-2,27-18-14-17-26(31(4,5)6)30(27)33-32(7,8)9)28-21-22(3)29-24-16-13-12-15-23(24)19-20-25(28)29/h12-20,22,25,28-29H,10-11,21H2,1-9H3. The van der Waals surface area contributed by atoms with Crippen LogP contribution in [0.1, 0.15) is 91.3 Å². The highest BCUT2D eigenvalue weighted by atomic mass is 28.3. The largest absolute Gasteiger partial charge is 0.488 e. The summed E-state index contributed by atoms with van der Waals surface area (Å²) in [6.07, 6.45) is 6.34. The number of benzene rings is 2. The van der Waals surface area contributed by atoms with E-state index in [4.69, 9.17) is 4.74 Å². The molecular weight excluding hydrogens is 428 g/mol. The van der Waals surface area contributed by atoms with Crippen molar-refractivity contribution < 1.29 is 4.74 Å². The van der Waals surface area contributed by atoms with Gasteiger partial charge in [0.1, 0.15) is 11.4 Å². The fourth-order valence-electron chi connectivity index (χ4n) is 7.17. The minimum atomic E-state index is -1.89. The normalized spacial score (nSPS) is 24.6. The van der Waals surface area contributed by atoms with Gasteiger partial charge in [-0.25, -0.2) is 0 Å². The van der Waals surface area contributed by atoms with Crippen molar-refractivity contribution in [3.63, 3.8) is 0 Å². The average molecular weight is 475 g/mol. The second kappa shape index (κ2) is 9.01. The number of allylic oxidation sites excluding steroid dienone is 1. The first-order valence-electron chi connectivity index (χ1n) is 13.5. The third kappa shape index (κ3) is 4.32. The molecule has 1 saturated carbocycles. The van der Waals surface area contributed by atoms with Gasteiger partial charge in [0, 0.05) is 0 Å². The van der Waals surface area contributed by atoms with Crippen molar-refractivity contribution in [2.75, 3.05) is 0 Å². The van der Waals surface area contributed by atoms with Gasteiger partial charge in [0.2, 0.25) is 0 Å². The molecule has 4 unspecified atom stereocenters. The molecule has 2 aliphatic carbocycles. The van der Waals surface area contributed by atoms with Crippen molar-refractivity contribution in [3.8, 4) is 5.75 Å². The summed E-state index contributed by atoms with van der Waals surface area (Å²) in [7, 11) is -1.89. The van der Waals surface area contributed by atoms with E-state index < -0.39 is 8.07 Å². The third-order valence-corrected chi connectivity index (χ3v) is 14.7. The maximum absolute atomic E-state index is 6.90. The van der Waals surface area contributed by atoms with Crippen LogP contribution in [0.4, 0.5) is 0 Å². The summed E-state index contributed by atoms with van der Waals surface area (Å²) in [6, 6.07) is 18.7. The lowest BCUT2D eigenvalue weighted by atomic mass is 9.78. The van der Waals surface area contributed by atoms with Gasteiger partial charge in [0.05, 0.1) is 8.07 Å². The topological polar surface area (TPSA) is 9.23 Å². The maximum Gasteiger partial charge on any atom is 0.123 e. The molecule has 0 heterocycles. The average Bonchev–Trinajstić information content (AvgIpc) is 3.11. The Hall–Kier alpha value is -1.80. The Balaban J connectivity index is 1.89. The van der Waals surface area contributed by atoms with E-state index in [1.807, 2.05) is 0 Å². The summed E-state index contributed by atoms with van der Waals surface area (Å²) < 4.78 is 6.90. The van der Waals surface area contributed by atoms with Crippen molar-refractivity contribution in [2.45, 2.75) is 103 Å². The van der Waals surface area contributed by atoms with Crippen LogP contribution in [0.25, 0.3) is 6.08 Å². The molecule has 2 aromatic rings. The highest BCUT2D eigenvalue weighted by molar-refractivity contribution is 6.93. The fraction of sp³-hybridized carbons (Fsp3) is 0.562. The second-order valence-electron chi connectivity index (χ2n) is 12.9. The maximum atomic E-state index is 6.90. The lowest BCUT2D eigenvalue weighted by Gasteiger charge is -2.43. The summed E-state index contributed by atoms with van der Waals surface area (Å²) in [5.41, 5.74) is 4.95. The van der Waals surface area contributed by atoms with Gasteiger partial charge in [-0.1, -0.05) is 108 Å². The third-order valence-electron chi connectivity index (χ3n) is 8.71. The number of para-hydroxylation sites is 1. The molecular formula is C32H46OSi. The van der Waals surface area contributed by atoms with Gasteiger partial charge in [-0.2, -0.15) is 0 Å². The van der Waals surface area contributed by atoms with Crippen molar-refractivity contribution in [3.05, 3.63) is 65.2 Å². The van der Waals surface area contributed by atoms with Gasteiger partial charge in [0.25, 0.3) is 0 Å². The molecule has 1 fully saturated rings. The lowest BCUT2D eigenvalue weighted by molar-refractivity contribution is 0.129. The van der Waals surface area contributed by atoms with Crippen LogP contribution in [-0.4, -0.2) is 13.7 Å². The Labute approximate surface area is 210 Å². The Morgan fingerprint density at radius 2 is 1.59 bits per heavy atom. The summed E-state index contributed by atoms with van der Waals surface area (Å²) >= 11 is 0. The number of fused-ring (bicyclic) bond motifs is 3. The number of ether oxygens (including phenoxy) is 1. The van der Waals surface area contributed by atoms with Gasteiger partial charge in [-0.05, 0) is 77.8 Å². The molecule has 0 bridgehead atoms. The minimum absolute atomic E-state index is 0.0490. The monoisotopic (exact) mass is 474 g/mol. The molecule has 0 saturated heterocycles. The lowest BCUT2D eigenvalue weighted by Crippen LogP contribution is -2.53. The highest BCUT2D eigenvalue weighted by Gasteiger charge is 2.53. The molecule has 0 amide bonds. The van der Waals surface area contributed by atoms with E-state index in [-0.39, 0.29) is 11.0 Å². The number of hydrogen-bond acceptors (Lipinski definition) is 1. The summed E-state index contributed by atoms with van der Waals surface area (Å²) in [4.78, 5) is 0. The Morgan fingerprint density at radius 3 is 2.21 bits per heavy atom. The first-order valence-corrected chi connectivity index (χ1v) is 16.0. The van der Waals surface area contributed by atoms with E-state index in [1.165, 1.54) is 35.4 Å². The smallest absolute Gasteiger partial charge is 0.123 e. The molecule has 4 rings (SSSR count). The molecule has 2 aliphatic rings. The van der Waals surface area contributed by atoms with Crippen LogP contribution in [0.5, 0.6) is 5.75 Å². The van der Waals surface area contributed by atoms with Crippen LogP contribution in [0, 0.1) is 11.8 Å². The molecule has 0 radical (unpaired) electrons. The van der Waals surface area contributed by atoms with Gasteiger partial charge < -0.3 is 4.74 Å². The van der Waals surface area contributed by atoms with E-state index in [0.29, 0.717) is 17.8 Å². The minimum Gasteiger partial charge on any atom is -0.488 e. The SMILES string of the molecule is CC[Si](CC)(c1cccc(C(C)(C)C)c1OC(C)(C)C)C1CC(C)C2c3ccccc3C=CC21. The van der Waals surface area contributed by atoms with Crippen LogP contribution in [0.2, 0.25) is 17.6 Å². The predicted molar refractivity (Wildman–Crippen MR) is 151 cm³/mol. The molecule has 2 aromatic carbocycles. The van der Waals surface area contributed by atoms with E-state index >= 15 is 0 Å². The van der Waals surface area contributed by atoms with Crippen molar-refractivity contribution >= 4 is 19.3 Å². The fourth-order valence-corrected chi connectivity index (χ4v) is 12.8. The molecule has 0 N–H and O–H groups in total. The summed E-state index contributed by atoms with van der Waals surface area (Å²) in [5.74, 6) is 3.20. The van der Waals surface area contributed by atoms with Crippen LogP contribution in [-0.2, 0) is 5.41 Å². The zero-order chi connectivity index (χ0) is 24.9. The van der Waals surface area contributed by atoms with Crippen molar-refractivity contribution in [1.82, 2.24) is 0 Å². The van der Waals surface area contributed by atoms with Gasteiger partial charge in [-0.15, -0.1) is 0 Å². The quantitative estimate of drug-likeness (QED) is 0.394. The van der Waals surface area contributed by atoms with E-state index in [0.717, 1.165) is 5.54 Å². The van der Waals surface area contributed by atoms with Crippen LogP contribution < -0.4 is 9.92 Å². The number of hydrogen-bond donors (Lipinski definition) is 0. The first-order chi connectivity index (χ1) is 15.9. The van der Waals surface area contributed by atoms with Crippen LogP contribution in [0.3, 0.4) is 0 Å². The summed E-state index contributed by atoms with van der Waals surface area (Å²) in [5, 5.41) is 1.57. The van der Waals surface area contributed by atoms with Gasteiger partial charge >= 0.3 is 0 Å². The molecule has 0 aliphatic heterocycles. The van der Waals surface area contributed by atoms with E-state index in [2.05, 4.69) is 117 Å². The van der Waals surface area contributed by atoms with Crippen molar-refractivity contribution in [2.24, 2.45) is 11.8 Å². The van der Waals surface area contributed by atoms with E-state index in [9.17, 15) is 0 Å². The Kier molecular flexibility index (Phi) is 6.70. The molecule has 34 heavy (non-hydrogen) atoms. The second-order valence-corrected chi connectivity index (χ2v) is 17.9. The molecule has 0 spiro atoms. The molecule has 2 heteroatoms. The zero-order valence-corrected chi connectivity index (χ0v) is 24.0. The van der Waals surface area contributed by atoms with E-state index in [1.54, 1.807) is 10.8 Å². The summed E-state index contributed by atoms with van der Waals surface area (Å²) in [6.45, 7) is 21.0. The number of rotatable bonds is 5. The van der Waals surface area contributed by atoms with Gasteiger partial charge in [-0.3, -0.25) is 0 Å². The zero-order valence-electron chi connectivity index (χ0n) is 23.0. The highest BCUT2D eigenvalue weighted by Crippen LogP contribution is 2.59. The van der Waals surface area contributed by atoms with Crippen molar-refractivity contribution in [1.29, 1.82) is 0 Å².